The van der Waals surface area contributed by atoms with E-state index in [0.717, 1.165) is 19.4 Å². The summed E-state index contributed by atoms with van der Waals surface area (Å²) in [5, 5.41) is 6.31. The van der Waals surface area contributed by atoms with Gasteiger partial charge in [0, 0.05) is 24.3 Å². The van der Waals surface area contributed by atoms with Crippen molar-refractivity contribution in [3.8, 4) is 0 Å². The van der Waals surface area contributed by atoms with E-state index in [4.69, 9.17) is 0 Å². The van der Waals surface area contributed by atoms with E-state index in [1.54, 1.807) is 0 Å². The lowest BCUT2D eigenvalue weighted by Gasteiger charge is -2.30. The zero-order valence-electron chi connectivity index (χ0n) is 9.82. The maximum atomic E-state index is 11.9. The number of hydrogen-bond donors (Lipinski definition) is 3. The van der Waals surface area contributed by atoms with Gasteiger partial charge in [0.15, 0.2) is 0 Å². The average molecular weight is 235 g/mol. The Balaban J connectivity index is 2.01. The minimum atomic E-state index is -0.200. The summed E-state index contributed by atoms with van der Waals surface area (Å²) < 4.78 is 0. The van der Waals surface area contributed by atoms with E-state index in [-0.39, 0.29) is 23.6 Å². The average Bonchev–Trinajstić information content (AvgIpc) is 2.33. The van der Waals surface area contributed by atoms with Crippen molar-refractivity contribution in [2.45, 2.75) is 31.8 Å². The maximum absolute atomic E-state index is 11.9. The lowest BCUT2D eigenvalue weighted by atomic mass is 9.99. The molecule has 3 N–H and O–H groups in total. The Kier molecular flexibility index (Phi) is 3.58. The van der Waals surface area contributed by atoms with Gasteiger partial charge in [0.25, 0.3) is 5.91 Å². The van der Waals surface area contributed by atoms with Gasteiger partial charge in [-0.2, -0.15) is 0 Å². The summed E-state index contributed by atoms with van der Waals surface area (Å²) in [5.74, 6) is -0.137. The van der Waals surface area contributed by atoms with Crippen LogP contribution < -0.4 is 16.2 Å². The standard InChI is InChI=1S/C12H17N3O2/c1-8-10(3-2-6-13-8)15-12(17)9-4-5-11(16)14-7-9/h4-5,7-8,10,13H,2-3,6H2,1H3,(H,14,16)(H,15,17). The Morgan fingerprint density at radius 2 is 2.29 bits per heavy atom. The van der Waals surface area contributed by atoms with Gasteiger partial charge in [-0.1, -0.05) is 0 Å². The maximum Gasteiger partial charge on any atom is 0.253 e. The minimum absolute atomic E-state index is 0.137. The molecule has 17 heavy (non-hydrogen) atoms. The number of H-pyrrole nitrogens is 1. The molecule has 1 amide bonds. The van der Waals surface area contributed by atoms with Crippen molar-refractivity contribution >= 4 is 5.91 Å². The van der Waals surface area contributed by atoms with Gasteiger partial charge in [-0.25, -0.2) is 0 Å². The van der Waals surface area contributed by atoms with E-state index in [9.17, 15) is 9.59 Å². The quantitative estimate of drug-likeness (QED) is 0.687. The molecule has 2 heterocycles. The monoisotopic (exact) mass is 235 g/mol. The third-order valence-corrected chi connectivity index (χ3v) is 3.12. The summed E-state index contributed by atoms with van der Waals surface area (Å²) in [6.07, 6.45) is 3.50. The van der Waals surface area contributed by atoms with Crippen LogP contribution in [0.25, 0.3) is 0 Å². The number of amides is 1. The van der Waals surface area contributed by atoms with Crippen LogP contribution in [0.3, 0.4) is 0 Å². The van der Waals surface area contributed by atoms with Gasteiger partial charge in [-0.3, -0.25) is 9.59 Å². The van der Waals surface area contributed by atoms with E-state index in [2.05, 4.69) is 22.5 Å². The molecule has 1 aromatic heterocycles. The minimum Gasteiger partial charge on any atom is -0.348 e. The molecule has 0 spiro atoms. The van der Waals surface area contributed by atoms with Gasteiger partial charge in [-0.05, 0) is 32.4 Å². The summed E-state index contributed by atoms with van der Waals surface area (Å²) >= 11 is 0. The molecule has 1 saturated heterocycles. The van der Waals surface area contributed by atoms with Gasteiger partial charge in [0.1, 0.15) is 0 Å². The number of nitrogens with one attached hydrogen (secondary N) is 3. The van der Waals surface area contributed by atoms with Crippen molar-refractivity contribution < 1.29 is 4.79 Å². The fourth-order valence-corrected chi connectivity index (χ4v) is 2.04. The number of carbonyl (C=O) groups is 1. The predicted molar refractivity (Wildman–Crippen MR) is 65.0 cm³/mol. The molecular formula is C12H17N3O2. The largest absolute Gasteiger partial charge is 0.348 e. The Bertz CT molecular complexity index is 435. The van der Waals surface area contributed by atoms with Crippen LogP contribution in [0.5, 0.6) is 0 Å². The molecule has 1 aliphatic heterocycles. The van der Waals surface area contributed by atoms with Gasteiger partial charge < -0.3 is 15.6 Å². The molecule has 2 unspecified atom stereocenters. The third kappa shape index (κ3) is 2.94. The molecule has 2 atom stereocenters. The third-order valence-electron chi connectivity index (χ3n) is 3.12. The van der Waals surface area contributed by atoms with E-state index in [0.29, 0.717) is 5.56 Å². The second-order valence-corrected chi connectivity index (χ2v) is 4.41. The molecule has 92 valence electrons. The Morgan fingerprint density at radius 1 is 1.47 bits per heavy atom. The highest BCUT2D eigenvalue weighted by Crippen LogP contribution is 2.09. The van der Waals surface area contributed by atoms with Crippen molar-refractivity contribution in [3.05, 3.63) is 34.2 Å². The number of aromatic nitrogens is 1. The zero-order chi connectivity index (χ0) is 12.3. The summed E-state index contributed by atoms with van der Waals surface area (Å²) in [6, 6.07) is 3.34. The summed E-state index contributed by atoms with van der Waals surface area (Å²) in [5.41, 5.74) is 0.289. The number of hydrogen-bond acceptors (Lipinski definition) is 3. The number of piperidine rings is 1. The lowest BCUT2D eigenvalue weighted by molar-refractivity contribution is 0.0919. The van der Waals surface area contributed by atoms with E-state index < -0.39 is 0 Å². The Morgan fingerprint density at radius 3 is 2.94 bits per heavy atom. The SMILES string of the molecule is CC1NCCCC1NC(=O)c1ccc(=O)[nH]c1. The molecule has 0 saturated carbocycles. The van der Waals surface area contributed by atoms with Crippen LogP contribution in [0.4, 0.5) is 0 Å². The molecule has 0 aromatic carbocycles. The number of rotatable bonds is 2. The number of aromatic amines is 1. The van der Waals surface area contributed by atoms with Crippen LogP contribution >= 0.6 is 0 Å². The van der Waals surface area contributed by atoms with Crippen molar-refractivity contribution in [2.75, 3.05) is 6.54 Å². The molecular weight excluding hydrogens is 218 g/mol. The molecule has 0 aliphatic carbocycles. The predicted octanol–water partition coefficient (Wildman–Crippen LogP) is 0.245. The van der Waals surface area contributed by atoms with Crippen LogP contribution in [0, 0.1) is 0 Å². The zero-order valence-corrected chi connectivity index (χ0v) is 9.82. The highest BCUT2D eigenvalue weighted by molar-refractivity contribution is 5.94. The van der Waals surface area contributed by atoms with Gasteiger partial charge in [-0.15, -0.1) is 0 Å². The molecule has 5 heteroatoms. The summed E-state index contributed by atoms with van der Waals surface area (Å²) in [6.45, 7) is 3.07. The number of carbonyl (C=O) groups excluding carboxylic acids is 1. The molecule has 1 fully saturated rings. The van der Waals surface area contributed by atoms with Crippen molar-refractivity contribution in [2.24, 2.45) is 0 Å². The molecule has 1 aromatic rings. The molecule has 1 aliphatic rings. The van der Waals surface area contributed by atoms with Crippen LogP contribution in [0.15, 0.2) is 23.1 Å². The van der Waals surface area contributed by atoms with Crippen molar-refractivity contribution in [1.29, 1.82) is 0 Å². The second kappa shape index (κ2) is 5.14. The van der Waals surface area contributed by atoms with Crippen LogP contribution in [0.2, 0.25) is 0 Å². The van der Waals surface area contributed by atoms with Crippen LogP contribution in [-0.4, -0.2) is 29.5 Å². The first kappa shape index (κ1) is 11.9. The first-order valence-corrected chi connectivity index (χ1v) is 5.90. The molecule has 0 radical (unpaired) electrons. The Hall–Kier alpha value is -1.62. The van der Waals surface area contributed by atoms with Crippen molar-refractivity contribution in [3.63, 3.8) is 0 Å². The van der Waals surface area contributed by atoms with E-state index in [1.165, 1.54) is 18.3 Å². The van der Waals surface area contributed by atoms with E-state index in [1.807, 2.05) is 0 Å². The van der Waals surface area contributed by atoms with Crippen molar-refractivity contribution in [1.82, 2.24) is 15.6 Å². The Labute approximate surface area is 99.6 Å². The van der Waals surface area contributed by atoms with Crippen LogP contribution in [0.1, 0.15) is 30.1 Å². The highest BCUT2D eigenvalue weighted by Gasteiger charge is 2.22. The smallest absolute Gasteiger partial charge is 0.253 e. The fourth-order valence-electron chi connectivity index (χ4n) is 2.04. The first-order valence-electron chi connectivity index (χ1n) is 5.90. The van der Waals surface area contributed by atoms with E-state index >= 15 is 0 Å². The normalized spacial score (nSPS) is 24.3. The van der Waals surface area contributed by atoms with Gasteiger partial charge in [0.05, 0.1) is 5.56 Å². The molecule has 0 bridgehead atoms. The number of pyridine rings is 1. The topological polar surface area (TPSA) is 74.0 Å². The molecule has 5 nitrogen and oxygen atoms in total. The van der Waals surface area contributed by atoms with Gasteiger partial charge >= 0.3 is 0 Å². The highest BCUT2D eigenvalue weighted by atomic mass is 16.2. The lowest BCUT2D eigenvalue weighted by Crippen LogP contribution is -2.51. The summed E-state index contributed by atoms with van der Waals surface area (Å²) in [7, 11) is 0. The molecule has 2 rings (SSSR count). The first-order chi connectivity index (χ1) is 8.16. The van der Waals surface area contributed by atoms with Crippen LogP contribution in [-0.2, 0) is 0 Å². The second-order valence-electron chi connectivity index (χ2n) is 4.41. The summed E-state index contributed by atoms with van der Waals surface area (Å²) in [4.78, 5) is 25.3. The van der Waals surface area contributed by atoms with Gasteiger partial charge in [0.2, 0.25) is 5.56 Å². The fraction of sp³-hybridized carbons (Fsp3) is 0.500.